The van der Waals surface area contributed by atoms with Crippen LogP contribution in [-0.4, -0.2) is 27.2 Å². The molecule has 0 spiro atoms. The third kappa shape index (κ3) is 4.71. The molecule has 25 heavy (non-hydrogen) atoms. The minimum absolute atomic E-state index is 0.182. The van der Waals surface area contributed by atoms with Gasteiger partial charge in [0.25, 0.3) is 0 Å². The number of aliphatic hydroxyl groups excluding tert-OH is 1. The molecule has 1 aromatic heterocycles. The quantitative estimate of drug-likeness (QED) is 0.751. The second-order valence-electron chi connectivity index (χ2n) is 6.44. The highest BCUT2D eigenvalue weighted by atomic mass is 16.3. The lowest BCUT2D eigenvalue weighted by molar-refractivity contribution is 0.126. The maximum absolute atomic E-state index is 9.64. The van der Waals surface area contributed by atoms with Crippen molar-refractivity contribution in [3.63, 3.8) is 0 Å². The number of hydrogen-bond donors (Lipinski definition) is 3. The summed E-state index contributed by atoms with van der Waals surface area (Å²) < 4.78 is 0. The number of anilines is 2. The van der Waals surface area contributed by atoms with Gasteiger partial charge in [0.05, 0.1) is 17.9 Å². The van der Waals surface area contributed by atoms with Gasteiger partial charge in [-0.25, -0.2) is 4.98 Å². The van der Waals surface area contributed by atoms with E-state index in [9.17, 15) is 5.11 Å². The summed E-state index contributed by atoms with van der Waals surface area (Å²) in [6.07, 6.45) is 5.94. The fourth-order valence-corrected chi connectivity index (χ4v) is 2.97. The molecule has 0 saturated heterocycles. The molecule has 1 heterocycles. The molecule has 4 N–H and O–H groups in total. The van der Waals surface area contributed by atoms with E-state index in [0.717, 1.165) is 43.2 Å². The Morgan fingerprint density at radius 2 is 1.88 bits per heavy atom. The Labute approximate surface area is 148 Å². The standard InChI is InChI=1S/C20H24N4O/c1-2-14-3-5-15(6-4-14)7-8-16-13-22-20(21)24-19(16)23-17-9-11-18(25)12-10-17/h3-6,13,17-18,25H,2,9-12H2,1H3,(H3,21,22,23,24)/t17-,18-. The van der Waals surface area contributed by atoms with Crippen LogP contribution in [0.2, 0.25) is 0 Å². The minimum Gasteiger partial charge on any atom is -0.393 e. The van der Waals surface area contributed by atoms with Crippen molar-refractivity contribution in [1.29, 1.82) is 0 Å². The van der Waals surface area contributed by atoms with Crippen LogP contribution in [0.4, 0.5) is 11.8 Å². The molecule has 1 fully saturated rings. The highest BCUT2D eigenvalue weighted by Gasteiger charge is 2.20. The Morgan fingerprint density at radius 1 is 1.16 bits per heavy atom. The molecule has 0 radical (unpaired) electrons. The average molecular weight is 336 g/mol. The summed E-state index contributed by atoms with van der Waals surface area (Å²) in [5, 5.41) is 13.1. The molecular formula is C20H24N4O. The Hall–Kier alpha value is -2.58. The molecule has 130 valence electrons. The lowest BCUT2D eigenvalue weighted by Gasteiger charge is -2.26. The molecule has 0 bridgehead atoms. The maximum Gasteiger partial charge on any atom is 0.222 e. The van der Waals surface area contributed by atoms with Crippen molar-refractivity contribution in [2.24, 2.45) is 0 Å². The zero-order valence-corrected chi connectivity index (χ0v) is 14.5. The normalized spacial score (nSPS) is 19.8. The van der Waals surface area contributed by atoms with Gasteiger partial charge in [-0.1, -0.05) is 30.9 Å². The van der Waals surface area contributed by atoms with Crippen LogP contribution in [0.25, 0.3) is 0 Å². The molecule has 1 saturated carbocycles. The van der Waals surface area contributed by atoms with Crippen LogP contribution in [0.5, 0.6) is 0 Å². The van der Waals surface area contributed by atoms with E-state index in [0.29, 0.717) is 5.82 Å². The number of rotatable bonds is 3. The van der Waals surface area contributed by atoms with Gasteiger partial charge in [-0.2, -0.15) is 4.98 Å². The summed E-state index contributed by atoms with van der Waals surface area (Å²) in [6.45, 7) is 2.13. The van der Waals surface area contributed by atoms with Crippen molar-refractivity contribution in [3.8, 4) is 11.8 Å². The molecule has 0 aliphatic heterocycles. The molecule has 5 heteroatoms. The molecule has 1 aliphatic carbocycles. The number of nitrogens with two attached hydrogens (primary N) is 1. The number of nitrogens with zero attached hydrogens (tertiary/aromatic N) is 2. The van der Waals surface area contributed by atoms with Crippen LogP contribution in [0, 0.1) is 11.8 Å². The zero-order chi connectivity index (χ0) is 17.6. The first kappa shape index (κ1) is 17.2. The highest BCUT2D eigenvalue weighted by molar-refractivity contribution is 5.57. The van der Waals surface area contributed by atoms with Gasteiger partial charge < -0.3 is 16.2 Å². The van der Waals surface area contributed by atoms with Crippen molar-refractivity contribution in [2.75, 3.05) is 11.1 Å². The van der Waals surface area contributed by atoms with E-state index in [4.69, 9.17) is 5.73 Å². The van der Waals surface area contributed by atoms with Crippen LogP contribution in [-0.2, 0) is 6.42 Å². The SMILES string of the molecule is CCc1ccc(C#Cc2cnc(N)nc2N[C@H]2CC[C@H](O)CC2)cc1. The number of hydrogen-bond acceptors (Lipinski definition) is 5. The Bertz CT molecular complexity index is 769. The van der Waals surface area contributed by atoms with Crippen LogP contribution in [0.3, 0.4) is 0 Å². The van der Waals surface area contributed by atoms with Crippen molar-refractivity contribution in [2.45, 2.75) is 51.2 Å². The summed E-state index contributed by atoms with van der Waals surface area (Å²) >= 11 is 0. The van der Waals surface area contributed by atoms with Gasteiger partial charge in [0, 0.05) is 11.6 Å². The molecule has 0 atom stereocenters. The summed E-state index contributed by atoms with van der Waals surface area (Å²) in [5.41, 5.74) is 8.73. The first-order valence-electron chi connectivity index (χ1n) is 8.82. The van der Waals surface area contributed by atoms with Crippen molar-refractivity contribution in [3.05, 3.63) is 47.2 Å². The minimum atomic E-state index is -0.182. The van der Waals surface area contributed by atoms with E-state index < -0.39 is 0 Å². The third-order valence-corrected chi connectivity index (χ3v) is 4.55. The summed E-state index contributed by atoms with van der Waals surface area (Å²) in [6, 6.07) is 8.52. The number of benzene rings is 1. The molecule has 0 amide bonds. The number of aryl methyl sites for hydroxylation is 1. The van der Waals surface area contributed by atoms with Gasteiger partial charge in [0.15, 0.2) is 0 Å². The second kappa shape index (κ2) is 8.00. The Kier molecular flexibility index (Phi) is 5.52. The van der Waals surface area contributed by atoms with E-state index in [1.165, 1.54) is 5.56 Å². The zero-order valence-electron chi connectivity index (χ0n) is 14.5. The van der Waals surface area contributed by atoms with E-state index in [1.807, 2.05) is 12.1 Å². The predicted octanol–water partition coefficient (Wildman–Crippen LogP) is 2.74. The van der Waals surface area contributed by atoms with Gasteiger partial charge in [-0.05, 0) is 49.8 Å². The first-order valence-corrected chi connectivity index (χ1v) is 8.82. The van der Waals surface area contributed by atoms with Crippen molar-refractivity contribution >= 4 is 11.8 Å². The lowest BCUT2D eigenvalue weighted by atomic mass is 9.93. The van der Waals surface area contributed by atoms with E-state index in [-0.39, 0.29) is 18.1 Å². The molecule has 1 aliphatic rings. The average Bonchev–Trinajstić information content (AvgIpc) is 2.63. The van der Waals surface area contributed by atoms with Gasteiger partial charge >= 0.3 is 0 Å². The molecule has 3 rings (SSSR count). The van der Waals surface area contributed by atoms with Gasteiger partial charge in [0.1, 0.15) is 5.82 Å². The van der Waals surface area contributed by atoms with Crippen LogP contribution in [0.15, 0.2) is 30.5 Å². The van der Waals surface area contributed by atoms with E-state index >= 15 is 0 Å². The molecule has 2 aromatic rings. The Balaban J connectivity index is 1.78. The summed E-state index contributed by atoms with van der Waals surface area (Å²) in [4.78, 5) is 8.39. The lowest BCUT2D eigenvalue weighted by Crippen LogP contribution is -2.29. The van der Waals surface area contributed by atoms with Crippen molar-refractivity contribution < 1.29 is 5.11 Å². The van der Waals surface area contributed by atoms with E-state index in [1.54, 1.807) is 6.20 Å². The number of nitrogens with one attached hydrogen (secondary N) is 1. The molecule has 5 nitrogen and oxygen atoms in total. The smallest absolute Gasteiger partial charge is 0.222 e. The third-order valence-electron chi connectivity index (χ3n) is 4.55. The van der Waals surface area contributed by atoms with Gasteiger partial charge in [-0.15, -0.1) is 0 Å². The number of aromatic nitrogens is 2. The van der Waals surface area contributed by atoms with E-state index in [2.05, 4.69) is 46.2 Å². The fourth-order valence-electron chi connectivity index (χ4n) is 2.97. The second-order valence-corrected chi connectivity index (χ2v) is 6.44. The first-order chi connectivity index (χ1) is 12.1. The molecule has 1 aromatic carbocycles. The van der Waals surface area contributed by atoms with Crippen molar-refractivity contribution in [1.82, 2.24) is 9.97 Å². The van der Waals surface area contributed by atoms with Gasteiger partial charge in [0.2, 0.25) is 5.95 Å². The topological polar surface area (TPSA) is 84.1 Å². The van der Waals surface area contributed by atoms with Crippen LogP contribution < -0.4 is 11.1 Å². The fraction of sp³-hybridized carbons (Fsp3) is 0.400. The number of nitrogen functional groups attached to an aromatic ring is 1. The predicted molar refractivity (Wildman–Crippen MR) is 100 cm³/mol. The summed E-state index contributed by atoms with van der Waals surface area (Å²) in [7, 11) is 0. The summed E-state index contributed by atoms with van der Waals surface area (Å²) in [5.74, 6) is 7.22. The maximum atomic E-state index is 9.64. The van der Waals surface area contributed by atoms with Crippen LogP contribution >= 0.6 is 0 Å². The largest absolute Gasteiger partial charge is 0.393 e. The Morgan fingerprint density at radius 3 is 2.56 bits per heavy atom. The van der Waals surface area contributed by atoms with Crippen LogP contribution in [0.1, 0.15) is 49.3 Å². The number of aliphatic hydroxyl groups is 1. The van der Waals surface area contributed by atoms with Gasteiger partial charge in [-0.3, -0.25) is 0 Å². The molecule has 0 unspecified atom stereocenters. The molecular weight excluding hydrogens is 312 g/mol. The highest BCUT2D eigenvalue weighted by Crippen LogP contribution is 2.23. The monoisotopic (exact) mass is 336 g/mol.